The van der Waals surface area contributed by atoms with Crippen molar-refractivity contribution in [3.63, 3.8) is 0 Å². The molecule has 1 saturated heterocycles. The molecule has 4 heteroatoms. The highest BCUT2D eigenvalue weighted by molar-refractivity contribution is 5.54. The number of hydrogen-bond acceptors (Lipinski definition) is 4. The molecule has 0 aromatic carbocycles. The SMILES string of the molecule is COCC1CCN(c2cc(C)ncc2CNCC(C)C)C1. The van der Waals surface area contributed by atoms with E-state index in [4.69, 9.17) is 4.74 Å². The third-order valence-electron chi connectivity index (χ3n) is 4.00. The molecule has 21 heavy (non-hydrogen) atoms. The van der Waals surface area contributed by atoms with Crippen LogP contribution in [0.25, 0.3) is 0 Å². The van der Waals surface area contributed by atoms with Gasteiger partial charge in [-0.25, -0.2) is 0 Å². The maximum absolute atomic E-state index is 5.30. The van der Waals surface area contributed by atoms with E-state index in [0.29, 0.717) is 11.8 Å². The summed E-state index contributed by atoms with van der Waals surface area (Å²) in [5.74, 6) is 1.32. The molecule has 118 valence electrons. The van der Waals surface area contributed by atoms with Crippen molar-refractivity contribution in [3.05, 3.63) is 23.5 Å². The number of nitrogens with one attached hydrogen (secondary N) is 1. The molecule has 0 bridgehead atoms. The van der Waals surface area contributed by atoms with Crippen LogP contribution in [0, 0.1) is 18.8 Å². The van der Waals surface area contributed by atoms with Gasteiger partial charge in [0.05, 0.1) is 6.61 Å². The van der Waals surface area contributed by atoms with Gasteiger partial charge in [0.1, 0.15) is 0 Å². The largest absolute Gasteiger partial charge is 0.384 e. The lowest BCUT2D eigenvalue weighted by molar-refractivity contribution is 0.161. The van der Waals surface area contributed by atoms with Gasteiger partial charge in [0, 0.05) is 55.8 Å². The number of anilines is 1. The second-order valence-corrected chi connectivity index (χ2v) is 6.54. The number of aromatic nitrogens is 1. The van der Waals surface area contributed by atoms with Crippen molar-refractivity contribution < 1.29 is 4.74 Å². The quantitative estimate of drug-likeness (QED) is 0.838. The van der Waals surface area contributed by atoms with E-state index >= 15 is 0 Å². The van der Waals surface area contributed by atoms with Gasteiger partial charge in [-0.3, -0.25) is 4.98 Å². The molecule has 1 aromatic rings. The van der Waals surface area contributed by atoms with E-state index in [1.807, 2.05) is 6.20 Å². The summed E-state index contributed by atoms with van der Waals surface area (Å²) in [4.78, 5) is 6.96. The Bertz CT molecular complexity index is 448. The fourth-order valence-corrected chi connectivity index (χ4v) is 2.92. The highest BCUT2D eigenvalue weighted by Gasteiger charge is 2.24. The molecule has 1 unspecified atom stereocenters. The molecule has 1 aliphatic heterocycles. The first-order valence-electron chi connectivity index (χ1n) is 8.00. The monoisotopic (exact) mass is 291 g/mol. The summed E-state index contributed by atoms with van der Waals surface area (Å²) >= 11 is 0. The van der Waals surface area contributed by atoms with Gasteiger partial charge in [-0.2, -0.15) is 0 Å². The van der Waals surface area contributed by atoms with E-state index in [1.165, 1.54) is 17.7 Å². The molecule has 2 rings (SSSR count). The van der Waals surface area contributed by atoms with Crippen molar-refractivity contribution in [2.45, 2.75) is 33.7 Å². The lowest BCUT2D eigenvalue weighted by Crippen LogP contribution is -2.25. The van der Waals surface area contributed by atoms with Gasteiger partial charge < -0.3 is 15.0 Å². The minimum absolute atomic E-state index is 0.653. The van der Waals surface area contributed by atoms with E-state index < -0.39 is 0 Å². The number of nitrogens with zero attached hydrogens (tertiary/aromatic N) is 2. The smallest absolute Gasteiger partial charge is 0.0508 e. The topological polar surface area (TPSA) is 37.4 Å². The van der Waals surface area contributed by atoms with Crippen molar-refractivity contribution in [1.29, 1.82) is 0 Å². The van der Waals surface area contributed by atoms with Crippen LogP contribution < -0.4 is 10.2 Å². The Morgan fingerprint density at radius 1 is 1.48 bits per heavy atom. The molecule has 1 atom stereocenters. The maximum atomic E-state index is 5.30. The van der Waals surface area contributed by atoms with Crippen molar-refractivity contribution >= 4 is 5.69 Å². The molecule has 1 aromatic heterocycles. The number of pyridine rings is 1. The fraction of sp³-hybridized carbons (Fsp3) is 0.706. The summed E-state index contributed by atoms with van der Waals surface area (Å²) < 4.78 is 5.30. The van der Waals surface area contributed by atoms with Crippen LogP contribution >= 0.6 is 0 Å². The second kappa shape index (κ2) is 7.76. The van der Waals surface area contributed by atoms with Gasteiger partial charge in [0.2, 0.25) is 0 Å². The van der Waals surface area contributed by atoms with E-state index in [2.05, 4.69) is 42.0 Å². The molecule has 0 aliphatic carbocycles. The molecule has 4 nitrogen and oxygen atoms in total. The van der Waals surface area contributed by atoms with Crippen LogP contribution in [-0.4, -0.2) is 38.3 Å². The number of hydrogen-bond donors (Lipinski definition) is 1. The molecule has 0 spiro atoms. The first-order chi connectivity index (χ1) is 10.1. The van der Waals surface area contributed by atoms with Crippen molar-refractivity contribution in [2.24, 2.45) is 11.8 Å². The second-order valence-electron chi connectivity index (χ2n) is 6.54. The summed E-state index contributed by atoms with van der Waals surface area (Å²) in [6.07, 6.45) is 3.25. The summed E-state index contributed by atoms with van der Waals surface area (Å²) in [5.41, 5.74) is 3.74. The molecule has 0 radical (unpaired) electrons. The first-order valence-corrected chi connectivity index (χ1v) is 8.00. The van der Waals surface area contributed by atoms with Crippen LogP contribution in [0.3, 0.4) is 0 Å². The van der Waals surface area contributed by atoms with Gasteiger partial charge in [0.15, 0.2) is 0 Å². The van der Waals surface area contributed by atoms with E-state index in [9.17, 15) is 0 Å². The molecular formula is C17H29N3O. The Morgan fingerprint density at radius 2 is 2.29 bits per heavy atom. The highest BCUT2D eigenvalue weighted by atomic mass is 16.5. The zero-order valence-corrected chi connectivity index (χ0v) is 13.9. The van der Waals surface area contributed by atoms with Crippen LogP contribution in [0.15, 0.2) is 12.3 Å². The molecule has 1 N–H and O–H groups in total. The van der Waals surface area contributed by atoms with Gasteiger partial charge in [-0.15, -0.1) is 0 Å². The Kier molecular flexibility index (Phi) is 6.00. The number of ether oxygens (including phenoxy) is 1. The van der Waals surface area contributed by atoms with Crippen molar-refractivity contribution in [1.82, 2.24) is 10.3 Å². The molecule has 1 fully saturated rings. The standard InChI is InChI=1S/C17H29N3O/c1-13(2)8-18-9-16-10-19-14(3)7-17(16)20-6-5-15(11-20)12-21-4/h7,10,13,15,18H,5-6,8-9,11-12H2,1-4H3. The Balaban J connectivity index is 2.05. The Labute approximate surface area is 128 Å². The predicted octanol–water partition coefficient (Wildman–Crippen LogP) is 2.61. The molecule has 2 heterocycles. The van der Waals surface area contributed by atoms with E-state index in [-0.39, 0.29) is 0 Å². The zero-order chi connectivity index (χ0) is 15.2. The lowest BCUT2D eigenvalue weighted by atomic mass is 10.1. The lowest BCUT2D eigenvalue weighted by Gasteiger charge is -2.23. The van der Waals surface area contributed by atoms with Gasteiger partial charge in [-0.05, 0) is 31.9 Å². The van der Waals surface area contributed by atoms with Crippen molar-refractivity contribution in [3.8, 4) is 0 Å². The average molecular weight is 291 g/mol. The number of aryl methyl sites for hydroxylation is 1. The summed E-state index contributed by atoms with van der Waals surface area (Å²) in [6.45, 7) is 11.5. The number of methoxy groups -OCH3 is 1. The van der Waals surface area contributed by atoms with Crippen molar-refractivity contribution in [2.75, 3.05) is 38.3 Å². The summed E-state index contributed by atoms with van der Waals surface area (Å²) in [6, 6.07) is 2.22. The molecular weight excluding hydrogens is 262 g/mol. The van der Waals surface area contributed by atoms with Crippen LogP contribution in [0.4, 0.5) is 5.69 Å². The van der Waals surface area contributed by atoms with Crippen LogP contribution in [0.1, 0.15) is 31.5 Å². The fourth-order valence-electron chi connectivity index (χ4n) is 2.92. The maximum Gasteiger partial charge on any atom is 0.0508 e. The van der Waals surface area contributed by atoms with Gasteiger partial charge in [-0.1, -0.05) is 13.8 Å². The first kappa shape index (κ1) is 16.2. The molecule has 0 amide bonds. The van der Waals surface area contributed by atoms with Gasteiger partial charge >= 0.3 is 0 Å². The predicted molar refractivity (Wildman–Crippen MR) is 87.7 cm³/mol. The third kappa shape index (κ3) is 4.68. The Morgan fingerprint density at radius 3 is 3.00 bits per heavy atom. The number of rotatable bonds is 7. The van der Waals surface area contributed by atoms with Crippen LogP contribution in [-0.2, 0) is 11.3 Å². The average Bonchev–Trinajstić information content (AvgIpc) is 2.89. The molecule has 0 saturated carbocycles. The summed E-state index contributed by atoms with van der Waals surface area (Å²) in [7, 11) is 1.79. The minimum atomic E-state index is 0.653. The molecule has 1 aliphatic rings. The van der Waals surface area contributed by atoms with E-state index in [0.717, 1.165) is 38.5 Å². The van der Waals surface area contributed by atoms with E-state index in [1.54, 1.807) is 7.11 Å². The Hall–Kier alpha value is -1.13. The summed E-state index contributed by atoms with van der Waals surface area (Å²) in [5, 5.41) is 3.53. The van der Waals surface area contributed by atoms with Crippen LogP contribution in [0.5, 0.6) is 0 Å². The van der Waals surface area contributed by atoms with Gasteiger partial charge in [0.25, 0.3) is 0 Å². The minimum Gasteiger partial charge on any atom is -0.384 e. The third-order valence-corrected chi connectivity index (χ3v) is 4.00. The highest BCUT2D eigenvalue weighted by Crippen LogP contribution is 2.27. The van der Waals surface area contributed by atoms with Crippen LogP contribution in [0.2, 0.25) is 0 Å². The normalized spacial score (nSPS) is 18.7. The zero-order valence-electron chi connectivity index (χ0n) is 13.9.